The van der Waals surface area contributed by atoms with Crippen molar-refractivity contribution in [2.75, 3.05) is 18.4 Å². The quantitative estimate of drug-likeness (QED) is 0.396. The second kappa shape index (κ2) is 10.4. The summed E-state index contributed by atoms with van der Waals surface area (Å²) in [6.45, 7) is 2.98. The largest absolute Gasteiger partial charge is 0.350 e. The van der Waals surface area contributed by atoms with Crippen LogP contribution in [0.3, 0.4) is 0 Å². The molecule has 1 aliphatic heterocycles. The van der Waals surface area contributed by atoms with Crippen LogP contribution in [0.15, 0.2) is 53.6 Å². The zero-order valence-electron chi connectivity index (χ0n) is 20.3. The maximum Gasteiger partial charge on any atom is 0.272 e. The van der Waals surface area contributed by atoms with Crippen LogP contribution in [0.4, 0.5) is 14.7 Å². The SMILES string of the molecule is CCCc1cnc(N[C@@H]2CCN(C(=O)c3cc(Cc4n[nH]c(=O)c5cc(F)ccc45)ccc3F)C2)nc1. The maximum absolute atomic E-state index is 14.7. The molecular weight excluding hydrogens is 478 g/mol. The number of aromatic nitrogens is 4. The van der Waals surface area contributed by atoms with E-state index in [0.717, 1.165) is 24.5 Å². The average molecular weight is 505 g/mol. The number of benzene rings is 2. The van der Waals surface area contributed by atoms with E-state index in [2.05, 4.69) is 32.4 Å². The van der Waals surface area contributed by atoms with E-state index in [1.54, 1.807) is 23.4 Å². The summed E-state index contributed by atoms with van der Waals surface area (Å²) in [6, 6.07) is 8.21. The number of rotatable bonds is 7. The van der Waals surface area contributed by atoms with Gasteiger partial charge in [-0.15, -0.1) is 0 Å². The average Bonchev–Trinajstić information content (AvgIpc) is 3.36. The molecular formula is C27H26F2N6O2. The standard InChI is InChI=1S/C27H26F2N6O2/c1-2-3-17-13-30-27(31-14-17)32-19-8-9-35(15-19)26(37)22-10-16(4-7-23(22)29)11-24-20-6-5-18(28)12-21(20)25(36)34-33-24/h4-7,10,12-14,19H,2-3,8-9,11,15H2,1H3,(H,34,36)(H,30,31,32)/t19-/m1/s1. The molecule has 190 valence electrons. The van der Waals surface area contributed by atoms with Crippen LogP contribution in [-0.4, -0.2) is 50.1 Å². The molecule has 0 spiro atoms. The normalized spacial score (nSPS) is 15.3. The highest BCUT2D eigenvalue weighted by molar-refractivity contribution is 5.95. The van der Waals surface area contributed by atoms with E-state index >= 15 is 0 Å². The molecule has 0 aliphatic carbocycles. The smallest absolute Gasteiger partial charge is 0.272 e. The Balaban J connectivity index is 1.30. The number of carbonyl (C=O) groups is 1. The highest BCUT2D eigenvalue weighted by Crippen LogP contribution is 2.22. The second-order valence-electron chi connectivity index (χ2n) is 9.23. The Morgan fingerprint density at radius 3 is 2.70 bits per heavy atom. The molecule has 1 saturated heterocycles. The van der Waals surface area contributed by atoms with Crippen LogP contribution in [0.5, 0.6) is 0 Å². The van der Waals surface area contributed by atoms with Crippen molar-refractivity contribution in [3.63, 3.8) is 0 Å². The molecule has 10 heteroatoms. The zero-order valence-corrected chi connectivity index (χ0v) is 20.3. The zero-order chi connectivity index (χ0) is 25.9. The first kappa shape index (κ1) is 24.5. The van der Waals surface area contributed by atoms with Gasteiger partial charge in [0.25, 0.3) is 11.5 Å². The van der Waals surface area contributed by atoms with Crippen LogP contribution in [0.1, 0.15) is 46.9 Å². The van der Waals surface area contributed by atoms with Gasteiger partial charge in [0, 0.05) is 43.3 Å². The number of carbonyl (C=O) groups excluding carboxylic acids is 1. The molecule has 0 bridgehead atoms. The number of halogens is 2. The Bertz CT molecular complexity index is 1510. The fraction of sp³-hybridized carbons (Fsp3) is 0.296. The summed E-state index contributed by atoms with van der Waals surface area (Å²) in [4.78, 5) is 35.6. The summed E-state index contributed by atoms with van der Waals surface area (Å²) in [7, 11) is 0. The monoisotopic (exact) mass is 504 g/mol. The van der Waals surface area contributed by atoms with Gasteiger partial charge in [-0.1, -0.05) is 19.4 Å². The van der Waals surface area contributed by atoms with Crippen LogP contribution in [0.2, 0.25) is 0 Å². The molecule has 1 fully saturated rings. The molecule has 2 aromatic heterocycles. The Morgan fingerprint density at radius 2 is 1.92 bits per heavy atom. The third kappa shape index (κ3) is 5.32. The van der Waals surface area contributed by atoms with Gasteiger partial charge in [0.2, 0.25) is 5.95 Å². The van der Waals surface area contributed by atoms with Crippen molar-refractivity contribution >= 4 is 22.6 Å². The third-order valence-electron chi connectivity index (χ3n) is 6.51. The first-order valence-electron chi connectivity index (χ1n) is 12.2. The van der Waals surface area contributed by atoms with Crippen molar-refractivity contribution in [1.82, 2.24) is 25.1 Å². The van der Waals surface area contributed by atoms with Crippen molar-refractivity contribution in [3.8, 4) is 0 Å². The molecule has 37 heavy (non-hydrogen) atoms. The van der Waals surface area contributed by atoms with Crippen molar-refractivity contribution in [3.05, 3.63) is 93.2 Å². The Labute approximate surface area is 211 Å². The van der Waals surface area contributed by atoms with Crippen LogP contribution >= 0.6 is 0 Å². The molecule has 3 heterocycles. The summed E-state index contributed by atoms with van der Waals surface area (Å²) in [5.74, 6) is -1.03. The minimum atomic E-state index is -0.610. The van der Waals surface area contributed by atoms with Gasteiger partial charge in [0.05, 0.1) is 16.6 Å². The Morgan fingerprint density at radius 1 is 1.11 bits per heavy atom. The molecule has 1 atom stereocenters. The van der Waals surface area contributed by atoms with E-state index in [9.17, 15) is 18.4 Å². The van der Waals surface area contributed by atoms with Gasteiger partial charge in [-0.05, 0) is 54.3 Å². The fourth-order valence-corrected chi connectivity index (χ4v) is 4.63. The van der Waals surface area contributed by atoms with Gasteiger partial charge in [-0.25, -0.2) is 23.8 Å². The van der Waals surface area contributed by atoms with Crippen LogP contribution < -0.4 is 10.9 Å². The number of anilines is 1. The predicted octanol–water partition coefficient (Wildman–Crippen LogP) is 3.86. The van der Waals surface area contributed by atoms with E-state index in [1.807, 2.05) is 0 Å². The van der Waals surface area contributed by atoms with Gasteiger partial charge in [0.15, 0.2) is 0 Å². The van der Waals surface area contributed by atoms with E-state index in [-0.39, 0.29) is 23.4 Å². The summed E-state index contributed by atoms with van der Waals surface area (Å²) < 4.78 is 28.4. The molecule has 2 aromatic carbocycles. The third-order valence-corrected chi connectivity index (χ3v) is 6.51. The van der Waals surface area contributed by atoms with Gasteiger partial charge < -0.3 is 10.2 Å². The minimum absolute atomic E-state index is 0.0295. The first-order chi connectivity index (χ1) is 17.9. The number of hydrogen-bond acceptors (Lipinski definition) is 6. The molecule has 1 amide bonds. The molecule has 8 nitrogen and oxygen atoms in total. The second-order valence-corrected chi connectivity index (χ2v) is 9.23. The molecule has 5 rings (SSSR count). The van der Waals surface area contributed by atoms with E-state index in [4.69, 9.17) is 0 Å². The van der Waals surface area contributed by atoms with Gasteiger partial charge in [-0.2, -0.15) is 5.10 Å². The number of fused-ring (bicyclic) bond motifs is 1. The van der Waals surface area contributed by atoms with E-state index in [0.29, 0.717) is 42.1 Å². The lowest BCUT2D eigenvalue weighted by Crippen LogP contribution is -2.32. The highest BCUT2D eigenvalue weighted by Gasteiger charge is 2.29. The topological polar surface area (TPSA) is 104 Å². The Kier molecular flexibility index (Phi) is 6.89. The summed E-state index contributed by atoms with van der Waals surface area (Å²) in [6.07, 6.45) is 6.46. The minimum Gasteiger partial charge on any atom is -0.350 e. The number of H-pyrrole nitrogens is 1. The van der Waals surface area contributed by atoms with Crippen LogP contribution in [-0.2, 0) is 12.8 Å². The number of nitrogens with one attached hydrogen (secondary N) is 2. The van der Waals surface area contributed by atoms with Gasteiger partial charge in [0.1, 0.15) is 11.6 Å². The van der Waals surface area contributed by atoms with E-state index in [1.165, 1.54) is 24.3 Å². The summed E-state index contributed by atoms with van der Waals surface area (Å²) in [5.41, 5.74) is 1.69. The fourth-order valence-electron chi connectivity index (χ4n) is 4.63. The summed E-state index contributed by atoms with van der Waals surface area (Å²) in [5, 5.41) is 10.4. The number of aryl methyl sites for hydroxylation is 1. The van der Waals surface area contributed by atoms with Crippen molar-refractivity contribution in [2.24, 2.45) is 0 Å². The number of aromatic amines is 1. The van der Waals surface area contributed by atoms with Crippen molar-refractivity contribution in [1.29, 1.82) is 0 Å². The lowest BCUT2D eigenvalue weighted by atomic mass is 10.0. The van der Waals surface area contributed by atoms with E-state index < -0.39 is 23.1 Å². The lowest BCUT2D eigenvalue weighted by Gasteiger charge is -2.18. The van der Waals surface area contributed by atoms with Crippen LogP contribution in [0.25, 0.3) is 10.8 Å². The lowest BCUT2D eigenvalue weighted by molar-refractivity contribution is 0.0787. The maximum atomic E-state index is 14.7. The molecule has 0 unspecified atom stereocenters. The number of amides is 1. The highest BCUT2D eigenvalue weighted by atomic mass is 19.1. The molecule has 0 saturated carbocycles. The number of hydrogen-bond donors (Lipinski definition) is 2. The Hall–Kier alpha value is -4.21. The first-order valence-corrected chi connectivity index (χ1v) is 12.2. The number of likely N-dealkylation sites (tertiary alicyclic amines) is 1. The van der Waals surface area contributed by atoms with Gasteiger partial charge in [-0.3, -0.25) is 9.59 Å². The molecule has 2 N–H and O–H groups in total. The van der Waals surface area contributed by atoms with Crippen molar-refractivity contribution in [2.45, 2.75) is 38.6 Å². The van der Waals surface area contributed by atoms with Crippen molar-refractivity contribution < 1.29 is 13.6 Å². The predicted molar refractivity (Wildman–Crippen MR) is 135 cm³/mol. The molecule has 0 radical (unpaired) electrons. The van der Waals surface area contributed by atoms with Gasteiger partial charge >= 0.3 is 0 Å². The molecule has 4 aromatic rings. The number of nitrogens with zero attached hydrogens (tertiary/aromatic N) is 4. The molecule has 1 aliphatic rings. The van der Waals surface area contributed by atoms with Crippen LogP contribution in [0, 0.1) is 11.6 Å². The summed E-state index contributed by atoms with van der Waals surface area (Å²) >= 11 is 0.